The number of esters is 1. The van der Waals surface area contributed by atoms with Gasteiger partial charge in [-0.15, -0.1) is 0 Å². The molecule has 2 aromatic heterocycles. The first-order valence-electron chi connectivity index (χ1n) is 11.6. The maximum atomic E-state index is 13.5. The lowest BCUT2D eigenvalue weighted by atomic mass is 9.96. The van der Waals surface area contributed by atoms with Crippen LogP contribution in [0, 0.1) is 0 Å². The SMILES string of the molecule is COc1ccc2nc(NC(=O)C(C)OC(=O)c3c(-c4ccc(Cl)cc4)c4ccccc4c(=O)n3C)sc2c1. The Morgan fingerprint density at radius 1 is 1.05 bits per heavy atom. The average Bonchev–Trinajstić information content (AvgIpc) is 3.32. The lowest BCUT2D eigenvalue weighted by Gasteiger charge is -2.18. The number of nitrogens with one attached hydrogen (secondary N) is 1. The van der Waals surface area contributed by atoms with E-state index >= 15 is 0 Å². The number of halogens is 1. The Balaban J connectivity index is 1.47. The van der Waals surface area contributed by atoms with Gasteiger partial charge in [0, 0.05) is 23.0 Å². The van der Waals surface area contributed by atoms with E-state index in [4.69, 9.17) is 21.1 Å². The predicted molar refractivity (Wildman–Crippen MR) is 149 cm³/mol. The monoisotopic (exact) mass is 547 g/mol. The van der Waals surface area contributed by atoms with Gasteiger partial charge in [-0.1, -0.05) is 53.3 Å². The molecule has 2 heterocycles. The number of ether oxygens (including phenoxy) is 2. The van der Waals surface area contributed by atoms with E-state index in [0.717, 1.165) is 4.70 Å². The summed E-state index contributed by atoms with van der Waals surface area (Å²) in [5.74, 6) is -0.681. The first kappa shape index (κ1) is 25.4. The Morgan fingerprint density at radius 2 is 1.76 bits per heavy atom. The molecule has 1 unspecified atom stereocenters. The number of amides is 1. The number of nitrogens with zero attached hydrogens (tertiary/aromatic N) is 2. The van der Waals surface area contributed by atoms with E-state index in [1.54, 1.807) is 67.8 Å². The zero-order valence-corrected chi connectivity index (χ0v) is 22.2. The molecule has 38 heavy (non-hydrogen) atoms. The summed E-state index contributed by atoms with van der Waals surface area (Å²) < 4.78 is 12.9. The van der Waals surface area contributed by atoms with Crippen LogP contribution in [0.5, 0.6) is 5.75 Å². The van der Waals surface area contributed by atoms with Crippen molar-refractivity contribution in [2.45, 2.75) is 13.0 Å². The topological polar surface area (TPSA) is 99.5 Å². The number of hydrogen-bond donors (Lipinski definition) is 1. The molecule has 0 aliphatic heterocycles. The summed E-state index contributed by atoms with van der Waals surface area (Å²) >= 11 is 7.36. The molecule has 1 amide bonds. The first-order chi connectivity index (χ1) is 18.3. The zero-order valence-electron chi connectivity index (χ0n) is 20.7. The van der Waals surface area contributed by atoms with Gasteiger partial charge in [-0.2, -0.15) is 0 Å². The fraction of sp³-hybridized carbons (Fsp3) is 0.143. The molecule has 192 valence electrons. The molecule has 0 aliphatic rings. The molecule has 0 saturated heterocycles. The third-order valence-electron chi connectivity index (χ3n) is 6.11. The summed E-state index contributed by atoms with van der Waals surface area (Å²) in [7, 11) is 3.08. The molecule has 1 atom stereocenters. The molecule has 0 spiro atoms. The van der Waals surface area contributed by atoms with Crippen LogP contribution in [0.1, 0.15) is 17.4 Å². The van der Waals surface area contributed by atoms with E-state index < -0.39 is 18.0 Å². The highest BCUT2D eigenvalue weighted by molar-refractivity contribution is 7.22. The Bertz CT molecular complexity index is 1760. The highest BCUT2D eigenvalue weighted by atomic mass is 35.5. The van der Waals surface area contributed by atoms with E-state index in [0.29, 0.717) is 43.3 Å². The van der Waals surface area contributed by atoms with E-state index in [1.165, 1.54) is 29.9 Å². The number of benzene rings is 3. The number of carbonyl (C=O) groups is 2. The number of hydrogen-bond acceptors (Lipinski definition) is 7. The quantitative estimate of drug-likeness (QED) is 0.275. The first-order valence-corrected chi connectivity index (χ1v) is 12.8. The van der Waals surface area contributed by atoms with Crippen LogP contribution in [0.25, 0.3) is 32.1 Å². The molecular weight excluding hydrogens is 526 g/mol. The summed E-state index contributed by atoms with van der Waals surface area (Å²) in [6.45, 7) is 1.46. The summed E-state index contributed by atoms with van der Waals surface area (Å²) in [6, 6.07) is 19.4. The van der Waals surface area contributed by atoms with Crippen molar-refractivity contribution in [2.24, 2.45) is 7.05 Å². The van der Waals surface area contributed by atoms with Crippen molar-refractivity contribution >= 4 is 60.9 Å². The Hall–Kier alpha value is -4.21. The van der Waals surface area contributed by atoms with Crippen molar-refractivity contribution < 1.29 is 19.1 Å². The molecule has 5 aromatic rings. The third-order valence-corrected chi connectivity index (χ3v) is 7.29. The van der Waals surface area contributed by atoms with E-state index in [-0.39, 0.29) is 11.3 Å². The van der Waals surface area contributed by atoms with Crippen LogP contribution in [-0.2, 0) is 16.6 Å². The summed E-state index contributed by atoms with van der Waals surface area (Å²) in [4.78, 5) is 43.9. The van der Waals surface area contributed by atoms with E-state index in [9.17, 15) is 14.4 Å². The zero-order chi connectivity index (χ0) is 27.0. The third kappa shape index (κ3) is 4.73. The fourth-order valence-corrected chi connectivity index (χ4v) is 5.20. The van der Waals surface area contributed by atoms with E-state index in [2.05, 4.69) is 10.3 Å². The Labute approximate surface area is 226 Å². The van der Waals surface area contributed by atoms with Crippen molar-refractivity contribution in [1.82, 2.24) is 9.55 Å². The van der Waals surface area contributed by atoms with Gasteiger partial charge < -0.3 is 14.0 Å². The molecule has 0 aliphatic carbocycles. The molecule has 1 N–H and O–H groups in total. The smallest absolute Gasteiger partial charge is 0.356 e. The maximum Gasteiger partial charge on any atom is 0.356 e. The van der Waals surface area contributed by atoms with Crippen molar-refractivity contribution in [3.05, 3.63) is 87.8 Å². The van der Waals surface area contributed by atoms with Gasteiger partial charge in [0.15, 0.2) is 11.2 Å². The number of methoxy groups -OCH3 is 1. The van der Waals surface area contributed by atoms with Crippen LogP contribution >= 0.6 is 22.9 Å². The number of carbonyl (C=O) groups excluding carboxylic acids is 2. The Morgan fingerprint density at radius 3 is 2.47 bits per heavy atom. The van der Waals surface area contributed by atoms with Crippen molar-refractivity contribution in [2.75, 3.05) is 12.4 Å². The van der Waals surface area contributed by atoms with Crippen molar-refractivity contribution in [3.8, 4) is 16.9 Å². The molecule has 0 bridgehead atoms. The lowest BCUT2D eigenvalue weighted by molar-refractivity contribution is -0.123. The molecule has 8 nitrogen and oxygen atoms in total. The summed E-state index contributed by atoms with van der Waals surface area (Å²) in [5.41, 5.74) is 1.57. The van der Waals surface area contributed by atoms with Crippen LogP contribution in [0.3, 0.4) is 0 Å². The van der Waals surface area contributed by atoms with Crippen molar-refractivity contribution in [1.29, 1.82) is 0 Å². The van der Waals surface area contributed by atoms with E-state index in [1.807, 2.05) is 6.07 Å². The number of rotatable bonds is 6. The summed E-state index contributed by atoms with van der Waals surface area (Å²) in [6.07, 6.45) is -1.16. The van der Waals surface area contributed by atoms with Crippen LogP contribution in [0.15, 0.2) is 71.5 Å². The van der Waals surface area contributed by atoms with Gasteiger partial charge in [-0.3, -0.25) is 14.9 Å². The van der Waals surface area contributed by atoms with Gasteiger partial charge >= 0.3 is 5.97 Å². The largest absolute Gasteiger partial charge is 0.497 e. The lowest BCUT2D eigenvalue weighted by Crippen LogP contribution is -2.32. The van der Waals surface area contributed by atoms with Gasteiger partial charge in [-0.05, 0) is 54.3 Å². The standard InChI is InChI=1S/C28H22ClN3O5S/c1-15(25(33)31-28-30-21-13-12-18(36-3)14-22(21)38-28)37-27(35)24-23(16-8-10-17(29)11-9-16)19-6-4-5-7-20(19)26(34)32(24)2/h4-15H,1-3H3,(H,30,31,33). The maximum absolute atomic E-state index is 13.5. The molecule has 5 rings (SSSR count). The predicted octanol–water partition coefficient (Wildman–Crippen LogP) is 5.66. The highest BCUT2D eigenvalue weighted by Crippen LogP contribution is 2.32. The van der Waals surface area contributed by atoms with Gasteiger partial charge in [0.1, 0.15) is 11.4 Å². The van der Waals surface area contributed by atoms with Gasteiger partial charge in [-0.25, -0.2) is 9.78 Å². The Kier molecular flexibility index (Phi) is 6.88. The van der Waals surface area contributed by atoms with Crippen molar-refractivity contribution in [3.63, 3.8) is 0 Å². The second-order valence-electron chi connectivity index (χ2n) is 8.53. The molecule has 3 aromatic carbocycles. The fourth-order valence-electron chi connectivity index (χ4n) is 4.18. The number of thiazole rings is 1. The van der Waals surface area contributed by atoms with Crippen LogP contribution in [-0.4, -0.2) is 34.6 Å². The molecular formula is C28H22ClN3O5S. The number of aromatic nitrogens is 2. The normalized spacial score (nSPS) is 11.9. The molecule has 0 saturated carbocycles. The number of anilines is 1. The highest BCUT2D eigenvalue weighted by Gasteiger charge is 2.27. The molecule has 10 heteroatoms. The minimum atomic E-state index is -1.16. The van der Waals surface area contributed by atoms with Gasteiger partial charge in [0.2, 0.25) is 0 Å². The van der Waals surface area contributed by atoms with Crippen LogP contribution < -0.4 is 15.6 Å². The minimum Gasteiger partial charge on any atom is -0.497 e. The van der Waals surface area contributed by atoms with Gasteiger partial charge in [0.05, 0.1) is 17.3 Å². The molecule has 0 radical (unpaired) electrons. The number of fused-ring (bicyclic) bond motifs is 2. The second kappa shape index (κ2) is 10.3. The van der Waals surface area contributed by atoms with Crippen LogP contribution in [0.4, 0.5) is 5.13 Å². The number of pyridine rings is 1. The van der Waals surface area contributed by atoms with Crippen LogP contribution in [0.2, 0.25) is 5.02 Å². The van der Waals surface area contributed by atoms with Gasteiger partial charge in [0.25, 0.3) is 11.5 Å². The minimum absolute atomic E-state index is 0.0303. The average molecular weight is 548 g/mol. The second-order valence-corrected chi connectivity index (χ2v) is 10.00. The summed E-state index contributed by atoms with van der Waals surface area (Å²) in [5, 5.41) is 4.64. The molecule has 0 fully saturated rings.